The third-order valence-corrected chi connectivity index (χ3v) is 2.60. The van der Waals surface area contributed by atoms with E-state index in [1.165, 1.54) is 6.07 Å². The van der Waals surface area contributed by atoms with Gasteiger partial charge in [0.25, 0.3) is 0 Å². The quantitative estimate of drug-likeness (QED) is 0.813. The van der Waals surface area contributed by atoms with Crippen molar-refractivity contribution in [1.29, 1.82) is 0 Å². The molecule has 2 rings (SSSR count). The molecule has 0 saturated carbocycles. The third-order valence-electron chi connectivity index (χ3n) is 2.60. The summed E-state index contributed by atoms with van der Waals surface area (Å²) >= 11 is 0. The van der Waals surface area contributed by atoms with E-state index >= 15 is 0 Å². The second-order valence-corrected chi connectivity index (χ2v) is 3.82. The van der Waals surface area contributed by atoms with Crippen molar-refractivity contribution >= 4 is 0 Å². The fourth-order valence-corrected chi connectivity index (χ4v) is 1.59. The van der Waals surface area contributed by atoms with Crippen LogP contribution in [0.15, 0.2) is 30.3 Å². The van der Waals surface area contributed by atoms with E-state index in [9.17, 15) is 4.39 Å². The van der Waals surface area contributed by atoms with Crippen LogP contribution in [0, 0.1) is 5.82 Å². The van der Waals surface area contributed by atoms with Gasteiger partial charge in [0.2, 0.25) is 0 Å². The van der Waals surface area contributed by atoms with Crippen molar-refractivity contribution in [3.05, 3.63) is 47.5 Å². The molecule has 0 N–H and O–H groups in total. The molecule has 0 aliphatic carbocycles. The lowest BCUT2D eigenvalue weighted by atomic mass is 10.3. The Hall–Kier alpha value is -1.84. The summed E-state index contributed by atoms with van der Waals surface area (Å²) in [5, 5.41) is 4.31. The van der Waals surface area contributed by atoms with Gasteiger partial charge in [-0.1, -0.05) is 19.1 Å². The van der Waals surface area contributed by atoms with Crippen LogP contribution in [-0.4, -0.2) is 9.78 Å². The predicted molar refractivity (Wildman–Crippen MR) is 63.3 cm³/mol. The number of aromatic nitrogens is 2. The average Bonchev–Trinajstić information content (AvgIpc) is 2.69. The fourth-order valence-electron chi connectivity index (χ4n) is 1.59. The minimum absolute atomic E-state index is 0.270. The predicted octanol–water partition coefficient (Wildman–Crippen LogP) is 2.70. The van der Waals surface area contributed by atoms with E-state index in [2.05, 4.69) is 5.10 Å². The van der Waals surface area contributed by atoms with Gasteiger partial charge >= 0.3 is 0 Å². The number of para-hydroxylation sites is 1. The highest BCUT2D eigenvalue weighted by Crippen LogP contribution is 2.17. The van der Waals surface area contributed by atoms with Gasteiger partial charge in [0, 0.05) is 7.05 Å². The van der Waals surface area contributed by atoms with Gasteiger partial charge < -0.3 is 4.74 Å². The highest BCUT2D eigenvalue weighted by molar-refractivity contribution is 5.24. The summed E-state index contributed by atoms with van der Waals surface area (Å²) in [5.74, 6) is -0.0721. The Morgan fingerprint density at radius 2 is 2.12 bits per heavy atom. The van der Waals surface area contributed by atoms with Crippen LogP contribution < -0.4 is 4.74 Å². The first kappa shape index (κ1) is 11.6. The van der Waals surface area contributed by atoms with E-state index in [1.54, 1.807) is 22.9 Å². The highest BCUT2D eigenvalue weighted by Gasteiger charge is 2.06. The Bertz CT molecular complexity index is 508. The van der Waals surface area contributed by atoms with E-state index in [1.807, 2.05) is 20.0 Å². The SMILES string of the molecule is CCc1cc(COc2ccccc2F)n(C)n1. The minimum atomic E-state index is -0.342. The molecule has 1 heterocycles. The first-order valence-corrected chi connectivity index (χ1v) is 5.60. The maximum atomic E-state index is 13.3. The molecule has 1 aromatic carbocycles. The molecule has 0 aliphatic heterocycles. The molecule has 0 unspecified atom stereocenters. The van der Waals surface area contributed by atoms with Crippen LogP contribution in [0.25, 0.3) is 0 Å². The smallest absolute Gasteiger partial charge is 0.165 e. The lowest BCUT2D eigenvalue weighted by Crippen LogP contribution is -2.03. The van der Waals surface area contributed by atoms with E-state index in [-0.39, 0.29) is 11.6 Å². The Kier molecular flexibility index (Phi) is 3.42. The molecule has 0 aliphatic rings. The van der Waals surface area contributed by atoms with Crippen LogP contribution in [-0.2, 0) is 20.1 Å². The Morgan fingerprint density at radius 1 is 1.35 bits per heavy atom. The lowest BCUT2D eigenvalue weighted by molar-refractivity contribution is 0.280. The Labute approximate surface area is 99.8 Å². The number of halogens is 1. The van der Waals surface area contributed by atoms with Gasteiger partial charge in [-0.25, -0.2) is 4.39 Å². The van der Waals surface area contributed by atoms with Crippen molar-refractivity contribution in [3.8, 4) is 5.75 Å². The summed E-state index contributed by atoms with van der Waals surface area (Å²) in [5.41, 5.74) is 1.95. The topological polar surface area (TPSA) is 27.1 Å². The first-order valence-electron chi connectivity index (χ1n) is 5.60. The molecule has 0 atom stereocenters. The summed E-state index contributed by atoms with van der Waals surface area (Å²) in [7, 11) is 1.86. The van der Waals surface area contributed by atoms with E-state index < -0.39 is 0 Å². The summed E-state index contributed by atoms with van der Waals surface area (Å²) in [6.45, 7) is 2.37. The maximum absolute atomic E-state index is 13.3. The molecular weight excluding hydrogens is 219 g/mol. The van der Waals surface area contributed by atoms with Crippen molar-refractivity contribution in [1.82, 2.24) is 9.78 Å². The molecule has 0 fully saturated rings. The molecule has 0 bridgehead atoms. The van der Waals surface area contributed by atoms with Crippen molar-refractivity contribution in [2.45, 2.75) is 20.0 Å². The van der Waals surface area contributed by atoms with E-state index in [4.69, 9.17) is 4.74 Å². The van der Waals surface area contributed by atoms with Gasteiger partial charge in [-0.3, -0.25) is 4.68 Å². The maximum Gasteiger partial charge on any atom is 0.165 e. The number of rotatable bonds is 4. The number of ether oxygens (including phenoxy) is 1. The number of aryl methyl sites for hydroxylation is 2. The van der Waals surface area contributed by atoms with Crippen LogP contribution in [0.2, 0.25) is 0 Å². The normalized spacial score (nSPS) is 10.5. The van der Waals surface area contributed by atoms with Gasteiger partial charge in [0.1, 0.15) is 6.61 Å². The van der Waals surface area contributed by atoms with Crippen LogP contribution in [0.4, 0.5) is 4.39 Å². The van der Waals surface area contributed by atoms with Gasteiger partial charge in [-0.15, -0.1) is 0 Å². The molecule has 4 heteroatoms. The number of hydrogen-bond donors (Lipinski definition) is 0. The zero-order chi connectivity index (χ0) is 12.3. The van der Waals surface area contributed by atoms with Gasteiger partial charge in [-0.05, 0) is 24.6 Å². The van der Waals surface area contributed by atoms with Crippen LogP contribution in [0.3, 0.4) is 0 Å². The third kappa shape index (κ3) is 2.64. The Morgan fingerprint density at radius 3 is 2.76 bits per heavy atom. The van der Waals surface area contributed by atoms with Gasteiger partial charge in [0.05, 0.1) is 11.4 Å². The zero-order valence-electron chi connectivity index (χ0n) is 9.98. The molecule has 0 amide bonds. The molecule has 0 saturated heterocycles. The molecule has 17 heavy (non-hydrogen) atoms. The second kappa shape index (κ2) is 4.99. The van der Waals surface area contributed by atoms with Crippen molar-refractivity contribution in [3.63, 3.8) is 0 Å². The van der Waals surface area contributed by atoms with Gasteiger partial charge in [0.15, 0.2) is 11.6 Å². The van der Waals surface area contributed by atoms with E-state index in [0.717, 1.165) is 17.8 Å². The largest absolute Gasteiger partial charge is 0.484 e. The van der Waals surface area contributed by atoms with Crippen LogP contribution in [0.5, 0.6) is 5.75 Å². The van der Waals surface area contributed by atoms with Crippen LogP contribution >= 0.6 is 0 Å². The Balaban J connectivity index is 2.07. The zero-order valence-corrected chi connectivity index (χ0v) is 9.98. The summed E-state index contributed by atoms with van der Waals surface area (Å²) in [6, 6.07) is 8.36. The molecule has 0 spiro atoms. The minimum Gasteiger partial charge on any atom is -0.484 e. The summed E-state index contributed by atoms with van der Waals surface area (Å²) in [4.78, 5) is 0. The number of nitrogens with zero attached hydrogens (tertiary/aromatic N) is 2. The summed E-state index contributed by atoms with van der Waals surface area (Å²) < 4.78 is 20.5. The number of hydrogen-bond acceptors (Lipinski definition) is 2. The van der Waals surface area contributed by atoms with Crippen molar-refractivity contribution in [2.75, 3.05) is 0 Å². The van der Waals surface area contributed by atoms with Crippen molar-refractivity contribution < 1.29 is 9.13 Å². The molecular formula is C13H15FN2O. The fraction of sp³-hybridized carbons (Fsp3) is 0.308. The van der Waals surface area contributed by atoms with Gasteiger partial charge in [-0.2, -0.15) is 5.10 Å². The molecule has 2 aromatic rings. The van der Waals surface area contributed by atoms with Crippen molar-refractivity contribution in [2.24, 2.45) is 7.05 Å². The standard InChI is InChI=1S/C13H15FN2O/c1-3-10-8-11(16(2)15-10)9-17-13-7-5-4-6-12(13)14/h4-8H,3,9H2,1-2H3. The lowest BCUT2D eigenvalue weighted by Gasteiger charge is -2.06. The summed E-state index contributed by atoms with van der Waals surface area (Å²) in [6.07, 6.45) is 0.882. The second-order valence-electron chi connectivity index (χ2n) is 3.82. The molecule has 3 nitrogen and oxygen atoms in total. The van der Waals surface area contributed by atoms with Crippen LogP contribution in [0.1, 0.15) is 18.3 Å². The molecule has 1 aromatic heterocycles. The molecule has 90 valence electrons. The first-order chi connectivity index (χ1) is 8.20. The monoisotopic (exact) mass is 234 g/mol. The van der Waals surface area contributed by atoms with E-state index in [0.29, 0.717) is 6.61 Å². The molecule has 0 radical (unpaired) electrons. The average molecular weight is 234 g/mol. The number of benzene rings is 1. The highest BCUT2D eigenvalue weighted by atomic mass is 19.1.